The Labute approximate surface area is 125 Å². The summed E-state index contributed by atoms with van der Waals surface area (Å²) in [6.07, 6.45) is 2.90. The number of halogens is 1. The molecule has 0 amide bonds. The van der Waals surface area contributed by atoms with Crippen LogP contribution in [0.15, 0.2) is 10.8 Å². The molecule has 0 atom stereocenters. The van der Waals surface area contributed by atoms with Crippen LogP contribution in [-0.4, -0.2) is 45.8 Å². The summed E-state index contributed by atoms with van der Waals surface area (Å²) in [5.41, 5.74) is 2.32. The van der Waals surface area contributed by atoms with E-state index < -0.39 is 0 Å². The molecule has 0 spiro atoms. The maximum absolute atomic E-state index is 9.38. The van der Waals surface area contributed by atoms with Crippen molar-refractivity contribution in [2.45, 2.75) is 20.0 Å². The molecule has 1 aliphatic heterocycles. The van der Waals surface area contributed by atoms with Crippen LogP contribution in [0.5, 0.6) is 0 Å². The smallest absolute Gasteiger partial charge is 0.181 e. The first-order chi connectivity index (χ1) is 9.70. The van der Waals surface area contributed by atoms with Crippen LogP contribution in [0, 0.1) is 6.92 Å². The minimum Gasteiger partial charge on any atom is -0.390 e. The predicted octanol–water partition coefficient (Wildman–Crippen LogP) is 1.52. The zero-order valence-corrected chi connectivity index (χ0v) is 12.9. The molecule has 1 aliphatic rings. The molecule has 2 aromatic heterocycles. The lowest BCUT2D eigenvalue weighted by Gasteiger charge is -2.21. The highest BCUT2D eigenvalue weighted by Crippen LogP contribution is 2.26. The Morgan fingerprint density at radius 1 is 1.35 bits per heavy atom. The van der Waals surface area contributed by atoms with Crippen molar-refractivity contribution in [1.29, 1.82) is 0 Å². The van der Waals surface area contributed by atoms with Crippen molar-refractivity contribution in [2.24, 2.45) is 0 Å². The molecule has 0 aliphatic carbocycles. The van der Waals surface area contributed by atoms with E-state index in [4.69, 9.17) is 4.74 Å². The summed E-state index contributed by atoms with van der Waals surface area (Å²) in [4.78, 5) is 11.3. The molecular weight excluding hydrogens is 324 g/mol. The third kappa shape index (κ3) is 2.41. The van der Waals surface area contributed by atoms with E-state index >= 15 is 0 Å². The van der Waals surface area contributed by atoms with Crippen molar-refractivity contribution in [3.05, 3.63) is 22.2 Å². The lowest BCUT2D eigenvalue weighted by molar-refractivity contribution is 0.152. The molecule has 20 heavy (non-hydrogen) atoms. The molecule has 1 N–H and O–H groups in total. The highest BCUT2D eigenvalue weighted by molar-refractivity contribution is 9.10. The Balaban J connectivity index is 2.13. The number of nitrogens with zero attached hydrogens (tertiary/aromatic N) is 4. The van der Waals surface area contributed by atoms with E-state index in [0.29, 0.717) is 12.3 Å². The summed E-state index contributed by atoms with van der Waals surface area (Å²) in [6, 6.07) is 0. The summed E-state index contributed by atoms with van der Waals surface area (Å²) in [7, 11) is 0. The molecule has 0 radical (unpaired) electrons. The zero-order chi connectivity index (χ0) is 14.1. The van der Waals surface area contributed by atoms with Crippen LogP contribution in [0.25, 0.3) is 5.65 Å². The Bertz CT molecular complexity index is 620. The van der Waals surface area contributed by atoms with Gasteiger partial charge in [0.2, 0.25) is 0 Å². The number of aryl methyl sites for hydroxylation is 1. The summed E-state index contributed by atoms with van der Waals surface area (Å²) >= 11 is 3.49. The Hall–Kier alpha value is -1.18. The van der Waals surface area contributed by atoms with Gasteiger partial charge < -0.3 is 14.7 Å². The molecule has 6 nitrogen and oxygen atoms in total. The molecule has 1 saturated heterocycles. The molecule has 7 heteroatoms. The number of hydrogen-bond acceptors (Lipinski definition) is 5. The second-order valence-corrected chi connectivity index (χ2v) is 5.61. The number of imidazole rings is 1. The highest BCUT2D eigenvalue weighted by atomic mass is 79.9. The molecule has 2 aromatic rings. The van der Waals surface area contributed by atoms with Gasteiger partial charge in [-0.2, -0.15) is 0 Å². The Kier molecular flexibility index (Phi) is 3.91. The number of aromatic nitrogens is 3. The van der Waals surface area contributed by atoms with Gasteiger partial charge >= 0.3 is 0 Å². The van der Waals surface area contributed by atoms with Gasteiger partial charge in [0.25, 0.3) is 0 Å². The molecular formula is C13H17BrN4O2. The van der Waals surface area contributed by atoms with E-state index in [0.717, 1.165) is 47.9 Å². The standard InChI is InChI=1S/C13H17BrN4O2/c1-9-7-18-11(14)10(8-19)16-13(18)12(15-9)17-3-2-5-20-6-4-17/h7,19H,2-6,8H2,1H3. The summed E-state index contributed by atoms with van der Waals surface area (Å²) in [5, 5.41) is 9.38. The fraction of sp³-hybridized carbons (Fsp3) is 0.538. The first-order valence-electron chi connectivity index (χ1n) is 6.68. The van der Waals surface area contributed by atoms with E-state index in [1.807, 2.05) is 17.5 Å². The lowest BCUT2D eigenvalue weighted by atomic mass is 10.4. The van der Waals surface area contributed by atoms with Crippen molar-refractivity contribution < 1.29 is 9.84 Å². The average molecular weight is 341 g/mol. The minimum atomic E-state index is -0.0934. The van der Waals surface area contributed by atoms with E-state index in [9.17, 15) is 5.11 Å². The molecule has 0 bridgehead atoms. The Morgan fingerprint density at radius 3 is 3.00 bits per heavy atom. The number of ether oxygens (including phenoxy) is 1. The SMILES string of the molecule is Cc1cn2c(Br)c(CO)nc2c(N2CCCOCC2)n1. The maximum Gasteiger partial charge on any atom is 0.181 e. The third-order valence-electron chi connectivity index (χ3n) is 3.39. The van der Waals surface area contributed by atoms with Crippen LogP contribution in [0.1, 0.15) is 17.8 Å². The highest BCUT2D eigenvalue weighted by Gasteiger charge is 2.19. The number of anilines is 1. The first kappa shape index (κ1) is 13.8. The van der Waals surface area contributed by atoms with Crippen LogP contribution < -0.4 is 4.90 Å². The lowest BCUT2D eigenvalue weighted by Crippen LogP contribution is -2.27. The number of hydrogen-bond donors (Lipinski definition) is 1. The fourth-order valence-corrected chi connectivity index (χ4v) is 2.92. The van der Waals surface area contributed by atoms with Crippen LogP contribution in [0.4, 0.5) is 5.82 Å². The van der Waals surface area contributed by atoms with Crippen molar-refractivity contribution in [3.63, 3.8) is 0 Å². The number of fused-ring (bicyclic) bond motifs is 1. The van der Waals surface area contributed by atoms with Crippen LogP contribution in [-0.2, 0) is 11.3 Å². The van der Waals surface area contributed by atoms with Gasteiger partial charge in [0.15, 0.2) is 11.5 Å². The average Bonchev–Trinajstić information content (AvgIpc) is 2.65. The molecule has 0 unspecified atom stereocenters. The zero-order valence-electron chi connectivity index (χ0n) is 11.3. The van der Waals surface area contributed by atoms with Crippen LogP contribution in [0.2, 0.25) is 0 Å². The van der Waals surface area contributed by atoms with Gasteiger partial charge in [0.1, 0.15) is 4.60 Å². The van der Waals surface area contributed by atoms with Gasteiger partial charge in [-0.15, -0.1) is 0 Å². The Morgan fingerprint density at radius 2 is 2.20 bits per heavy atom. The fourth-order valence-electron chi connectivity index (χ4n) is 2.44. The largest absolute Gasteiger partial charge is 0.390 e. The number of aliphatic hydroxyl groups excluding tert-OH is 1. The van der Waals surface area contributed by atoms with E-state index in [1.54, 1.807) is 0 Å². The van der Waals surface area contributed by atoms with Gasteiger partial charge in [0.05, 0.1) is 24.6 Å². The van der Waals surface area contributed by atoms with Gasteiger partial charge in [-0.05, 0) is 29.3 Å². The summed E-state index contributed by atoms with van der Waals surface area (Å²) in [6.45, 7) is 5.08. The molecule has 0 saturated carbocycles. The quantitative estimate of drug-likeness (QED) is 0.897. The van der Waals surface area contributed by atoms with E-state index in [-0.39, 0.29) is 6.61 Å². The monoisotopic (exact) mass is 340 g/mol. The van der Waals surface area contributed by atoms with Crippen molar-refractivity contribution >= 4 is 27.4 Å². The van der Waals surface area contributed by atoms with Gasteiger partial charge in [-0.3, -0.25) is 4.40 Å². The van der Waals surface area contributed by atoms with E-state index in [2.05, 4.69) is 30.8 Å². The molecule has 108 valence electrons. The first-order valence-corrected chi connectivity index (χ1v) is 7.47. The molecule has 0 aromatic carbocycles. The van der Waals surface area contributed by atoms with Crippen molar-refractivity contribution in [1.82, 2.24) is 14.4 Å². The van der Waals surface area contributed by atoms with Crippen molar-refractivity contribution in [3.8, 4) is 0 Å². The normalized spacial score (nSPS) is 16.6. The van der Waals surface area contributed by atoms with Gasteiger partial charge in [-0.1, -0.05) is 0 Å². The van der Waals surface area contributed by atoms with Crippen molar-refractivity contribution in [2.75, 3.05) is 31.2 Å². The summed E-state index contributed by atoms with van der Waals surface area (Å²) < 4.78 is 8.22. The number of rotatable bonds is 2. The molecule has 3 heterocycles. The second-order valence-electron chi connectivity index (χ2n) is 4.86. The maximum atomic E-state index is 9.38. The summed E-state index contributed by atoms with van der Waals surface area (Å²) in [5.74, 6) is 0.857. The minimum absolute atomic E-state index is 0.0934. The van der Waals surface area contributed by atoms with Crippen LogP contribution >= 0.6 is 15.9 Å². The molecule has 1 fully saturated rings. The van der Waals surface area contributed by atoms with Gasteiger partial charge in [-0.25, -0.2) is 9.97 Å². The van der Waals surface area contributed by atoms with E-state index in [1.165, 1.54) is 0 Å². The number of aliphatic hydroxyl groups is 1. The van der Waals surface area contributed by atoms with Gasteiger partial charge in [0, 0.05) is 25.9 Å². The second kappa shape index (κ2) is 5.67. The molecule has 3 rings (SSSR count). The topological polar surface area (TPSA) is 62.9 Å². The predicted molar refractivity (Wildman–Crippen MR) is 79.0 cm³/mol. The third-order valence-corrected chi connectivity index (χ3v) is 4.23. The van der Waals surface area contributed by atoms with Crippen LogP contribution in [0.3, 0.4) is 0 Å².